The third-order valence-electron chi connectivity index (χ3n) is 2.64. The normalized spacial score (nSPS) is 10.6. The summed E-state index contributed by atoms with van der Waals surface area (Å²) in [7, 11) is 1.60. The topological polar surface area (TPSA) is 78.8 Å². The van der Waals surface area contributed by atoms with E-state index in [4.69, 9.17) is 10.5 Å². The van der Waals surface area contributed by atoms with E-state index in [0.717, 1.165) is 11.3 Å². The molecule has 19 heavy (non-hydrogen) atoms. The number of thiophene rings is 1. The number of methoxy groups -OCH3 is 1. The predicted molar refractivity (Wildman–Crippen MR) is 73.4 cm³/mol. The zero-order valence-electron chi connectivity index (χ0n) is 10.1. The molecule has 0 fully saturated rings. The summed E-state index contributed by atoms with van der Waals surface area (Å²) < 4.78 is 6.88. The van der Waals surface area contributed by atoms with E-state index in [1.54, 1.807) is 29.2 Å². The Hall–Kier alpha value is -2.41. The molecule has 0 aliphatic carbocycles. The molecule has 96 valence electrons. The van der Waals surface area contributed by atoms with Gasteiger partial charge in [0.05, 0.1) is 12.8 Å². The van der Waals surface area contributed by atoms with Crippen LogP contribution in [0.2, 0.25) is 0 Å². The monoisotopic (exact) mass is 273 g/mol. The molecule has 2 heterocycles. The van der Waals surface area contributed by atoms with Crippen molar-refractivity contribution in [3.05, 3.63) is 35.0 Å². The van der Waals surface area contributed by atoms with Gasteiger partial charge in [0.15, 0.2) is 5.82 Å². The molecule has 0 radical (unpaired) electrons. The second-order valence-electron chi connectivity index (χ2n) is 3.89. The number of nitrogens with two attached hydrogens (primary N) is 1. The molecule has 0 saturated heterocycles. The van der Waals surface area contributed by atoms with Gasteiger partial charge < -0.3 is 10.5 Å². The summed E-state index contributed by atoms with van der Waals surface area (Å²) in [5.74, 6) is 1.30. The number of ether oxygens (including phenoxy) is 1. The molecule has 0 aliphatic heterocycles. The minimum Gasteiger partial charge on any atom is -0.497 e. The van der Waals surface area contributed by atoms with Crippen LogP contribution in [0.3, 0.4) is 0 Å². The maximum Gasteiger partial charge on any atom is 0.187 e. The van der Waals surface area contributed by atoms with Gasteiger partial charge in [-0.1, -0.05) is 0 Å². The lowest BCUT2D eigenvalue weighted by atomic mass is 10.1. The summed E-state index contributed by atoms with van der Waals surface area (Å²) in [6.45, 7) is 0. The molecule has 0 bridgehead atoms. The maximum atomic E-state index is 5.85. The quantitative estimate of drug-likeness (QED) is 0.738. The average molecular weight is 273 g/mol. The van der Waals surface area contributed by atoms with Crippen LogP contribution in [-0.4, -0.2) is 27.3 Å². The van der Waals surface area contributed by atoms with Crippen LogP contribution in [0.15, 0.2) is 35.0 Å². The van der Waals surface area contributed by atoms with Crippen LogP contribution < -0.4 is 10.5 Å². The third-order valence-corrected chi connectivity index (χ3v) is 3.31. The van der Waals surface area contributed by atoms with Crippen molar-refractivity contribution >= 4 is 17.0 Å². The Bertz CT molecular complexity index is 692. The number of nitrogen functional groups attached to an aromatic ring is 1. The Morgan fingerprint density at radius 3 is 2.95 bits per heavy atom. The minimum absolute atomic E-state index is 0.606. The maximum absolute atomic E-state index is 5.85. The van der Waals surface area contributed by atoms with Crippen molar-refractivity contribution in [3.8, 4) is 22.8 Å². The highest BCUT2D eigenvalue weighted by molar-refractivity contribution is 7.08. The first kappa shape index (κ1) is 11.7. The summed E-state index contributed by atoms with van der Waals surface area (Å²) >= 11 is 1.59. The summed E-state index contributed by atoms with van der Waals surface area (Å²) in [5, 5.41) is 15.7. The van der Waals surface area contributed by atoms with Crippen molar-refractivity contribution < 1.29 is 4.74 Å². The molecule has 0 aliphatic rings. The fraction of sp³-hybridized carbons (Fsp3) is 0.0833. The second kappa shape index (κ2) is 4.69. The van der Waals surface area contributed by atoms with Crippen molar-refractivity contribution in [1.29, 1.82) is 0 Å². The molecule has 0 atom stereocenters. The molecule has 0 saturated carbocycles. The Morgan fingerprint density at radius 2 is 2.21 bits per heavy atom. The van der Waals surface area contributed by atoms with Gasteiger partial charge in [-0.15, -0.1) is 5.10 Å². The van der Waals surface area contributed by atoms with Crippen molar-refractivity contribution in [1.82, 2.24) is 20.2 Å². The lowest BCUT2D eigenvalue weighted by Gasteiger charge is -2.06. The molecule has 2 N–H and O–H groups in total. The first-order chi connectivity index (χ1) is 9.28. The molecule has 0 unspecified atom stereocenters. The zero-order chi connectivity index (χ0) is 13.2. The first-order valence-electron chi connectivity index (χ1n) is 5.54. The number of hydrogen-bond acceptors (Lipinski definition) is 6. The molecule has 2 aromatic heterocycles. The van der Waals surface area contributed by atoms with Crippen LogP contribution in [-0.2, 0) is 0 Å². The number of anilines is 1. The Labute approximate surface area is 113 Å². The van der Waals surface area contributed by atoms with Gasteiger partial charge in [0.25, 0.3) is 0 Å². The highest BCUT2D eigenvalue weighted by atomic mass is 32.1. The number of tetrazole rings is 1. The van der Waals surface area contributed by atoms with Gasteiger partial charge in [-0.3, -0.25) is 0 Å². The molecule has 7 heteroatoms. The van der Waals surface area contributed by atoms with E-state index in [9.17, 15) is 0 Å². The lowest BCUT2D eigenvalue weighted by Crippen LogP contribution is -1.99. The Kier molecular flexibility index (Phi) is 2.88. The van der Waals surface area contributed by atoms with Crippen LogP contribution in [0, 0.1) is 0 Å². The van der Waals surface area contributed by atoms with E-state index >= 15 is 0 Å². The van der Waals surface area contributed by atoms with Crippen molar-refractivity contribution in [2.45, 2.75) is 0 Å². The van der Waals surface area contributed by atoms with Crippen molar-refractivity contribution in [3.63, 3.8) is 0 Å². The number of nitrogens with zero attached hydrogens (tertiary/aromatic N) is 4. The van der Waals surface area contributed by atoms with Crippen LogP contribution in [0.1, 0.15) is 0 Å². The summed E-state index contributed by atoms with van der Waals surface area (Å²) in [5.41, 5.74) is 8.20. The summed E-state index contributed by atoms with van der Waals surface area (Å²) in [6, 6.07) is 7.37. The SMILES string of the molecule is COc1cc(N)cc(-c2nnnn2-c2ccsc2)c1. The largest absolute Gasteiger partial charge is 0.497 e. The fourth-order valence-corrected chi connectivity index (χ4v) is 2.40. The van der Waals surface area contributed by atoms with E-state index in [0.29, 0.717) is 17.3 Å². The first-order valence-corrected chi connectivity index (χ1v) is 6.48. The standard InChI is InChI=1S/C12H11N5OS/c1-18-11-5-8(4-9(13)6-11)12-14-15-16-17(12)10-2-3-19-7-10/h2-7H,13H2,1H3. The van der Waals surface area contributed by atoms with E-state index in [-0.39, 0.29) is 0 Å². The smallest absolute Gasteiger partial charge is 0.187 e. The van der Waals surface area contributed by atoms with E-state index in [1.807, 2.05) is 29.0 Å². The van der Waals surface area contributed by atoms with Gasteiger partial charge in [-0.25, -0.2) is 0 Å². The number of aromatic nitrogens is 4. The van der Waals surface area contributed by atoms with Crippen molar-refractivity contribution in [2.75, 3.05) is 12.8 Å². The highest BCUT2D eigenvalue weighted by Crippen LogP contribution is 2.27. The number of benzene rings is 1. The molecular weight excluding hydrogens is 262 g/mol. The molecule has 0 amide bonds. The van der Waals surface area contributed by atoms with E-state index in [2.05, 4.69) is 15.5 Å². The zero-order valence-corrected chi connectivity index (χ0v) is 11.0. The van der Waals surface area contributed by atoms with Crippen LogP contribution >= 0.6 is 11.3 Å². The van der Waals surface area contributed by atoms with Gasteiger partial charge in [-0.2, -0.15) is 16.0 Å². The Balaban J connectivity index is 2.13. The van der Waals surface area contributed by atoms with Crippen molar-refractivity contribution in [2.24, 2.45) is 0 Å². The molecule has 1 aromatic carbocycles. The third kappa shape index (κ3) is 2.15. The van der Waals surface area contributed by atoms with Crippen LogP contribution in [0.4, 0.5) is 5.69 Å². The van der Waals surface area contributed by atoms with Gasteiger partial charge in [-0.05, 0) is 34.0 Å². The van der Waals surface area contributed by atoms with Crippen LogP contribution in [0.25, 0.3) is 17.1 Å². The molecule has 3 rings (SSSR count). The van der Waals surface area contributed by atoms with Gasteiger partial charge in [0, 0.05) is 22.7 Å². The highest BCUT2D eigenvalue weighted by Gasteiger charge is 2.12. The van der Waals surface area contributed by atoms with E-state index < -0.39 is 0 Å². The van der Waals surface area contributed by atoms with E-state index in [1.165, 1.54) is 0 Å². The van der Waals surface area contributed by atoms with Gasteiger partial charge >= 0.3 is 0 Å². The number of rotatable bonds is 3. The lowest BCUT2D eigenvalue weighted by molar-refractivity contribution is 0.415. The fourth-order valence-electron chi connectivity index (χ4n) is 1.79. The summed E-state index contributed by atoms with van der Waals surface area (Å²) in [4.78, 5) is 0. The number of hydrogen-bond donors (Lipinski definition) is 1. The summed E-state index contributed by atoms with van der Waals surface area (Å²) in [6.07, 6.45) is 0. The Morgan fingerprint density at radius 1 is 1.32 bits per heavy atom. The molecule has 6 nitrogen and oxygen atoms in total. The average Bonchev–Trinajstić information content (AvgIpc) is 3.08. The van der Waals surface area contributed by atoms with Gasteiger partial charge in [0.1, 0.15) is 5.75 Å². The molecule has 0 spiro atoms. The minimum atomic E-state index is 0.606. The van der Waals surface area contributed by atoms with Crippen LogP contribution in [0.5, 0.6) is 5.75 Å². The van der Waals surface area contributed by atoms with Gasteiger partial charge in [0.2, 0.25) is 0 Å². The second-order valence-corrected chi connectivity index (χ2v) is 4.67. The predicted octanol–water partition coefficient (Wildman–Crippen LogP) is 1.98. The molecule has 3 aromatic rings. The molecular formula is C12H11N5OS.